The van der Waals surface area contributed by atoms with Gasteiger partial charge in [-0.15, -0.1) is 0 Å². The molecule has 0 radical (unpaired) electrons. The van der Waals surface area contributed by atoms with Gasteiger partial charge < -0.3 is 9.72 Å². The van der Waals surface area contributed by atoms with Crippen LogP contribution in [-0.2, 0) is 4.79 Å². The summed E-state index contributed by atoms with van der Waals surface area (Å²) in [6, 6.07) is 22.8. The molecule has 2 aromatic heterocycles. The fourth-order valence-corrected chi connectivity index (χ4v) is 3.35. The molecule has 2 heterocycles. The van der Waals surface area contributed by atoms with E-state index in [1.165, 1.54) is 0 Å². The number of Topliss-reactive ketones (excluding diaryl/α,β-unsaturated/α-hetero) is 1. The van der Waals surface area contributed by atoms with E-state index in [1.54, 1.807) is 12.1 Å². The van der Waals surface area contributed by atoms with Crippen LogP contribution in [0.2, 0.25) is 0 Å². The molecule has 4 rings (SSSR count). The Morgan fingerprint density at radius 3 is 2.25 bits per heavy atom. The molecule has 1 amide bonds. The molecular weight excluding hydrogens is 348 g/mol. The molecular formula is C24H20N2O2. The third-order valence-corrected chi connectivity index (χ3v) is 4.84. The lowest BCUT2D eigenvalue weighted by Crippen LogP contribution is -2.23. The van der Waals surface area contributed by atoms with Crippen LogP contribution in [0, 0.1) is 13.8 Å². The molecule has 4 aromatic rings. The number of ketones is 1. The molecule has 1 N–H and O–H groups in total. The molecule has 0 atom stereocenters. The highest BCUT2D eigenvalue weighted by molar-refractivity contribution is 6.49. The van der Waals surface area contributed by atoms with Gasteiger partial charge in [0.1, 0.15) is 0 Å². The number of benzene rings is 2. The number of anilines is 1. The van der Waals surface area contributed by atoms with Crippen molar-refractivity contribution in [2.24, 2.45) is 0 Å². The lowest BCUT2D eigenvalue weighted by Gasteiger charge is -2.07. The number of nitrogens with one attached hydrogen (secondary N) is 1. The second kappa shape index (κ2) is 7.16. The SMILES string of the molecule is Cc1ccc(NC(=O)C(=O)c2c(-c3ccccc3)cn3c(C)cccc23)cc1. The molecule has 28 heavy (non-hydrogen) atoms. The lowest BCUT2D eigenvalue weighted by atomic mass is 10.00. The molecule has 4 heteroatoms. The van der Waals surface area contributed by atoms with E-state index in [2.05, 4.69) is 5.32 Å². The number of pyridine rings is 1. The van der Waals surface area contributed by atoms with Gasteiger partial charge in [-0.05, 0) is 43.7 Å². The average molecular weight is 368 g/mol. The molecule has 0 saturated heterocycles. The zero-order valence-corrected chi connectivity index (χ0v) is 15.8. The topological polar surface area (TPSA) is 50.6 Å². The first-order chi connectivity index (χ1) is 13.5. The van der Waals surface area contributed by atoms with E-state index in [0.717, 1.165) is 27.9 Å². The summed E-state index contributed by atoms with van der Waals surface area (Å²) in [7, 11) is 0. The average Bonchev–Trinajstić information content (AvgIpc) is 3.11. The number of amides is 1. The van der Waals surface area contributed by atoms with E-state index >= 15 is 0 Å². The van der Waals surface area contributed by atoms with Crippen LogP contribution < -0.4 is 5.32 Å². The van der Waals surface area contributed by atoms with Crippen LogP contribution in [0.5, 0.6) is 0 Å². The number of fused-ring (bicyclic) bond motifs is 1. The maximum absolute atomic E-state index is 13.2. The number of aryl methyl sites for hydroxylation is 2. The van der Waals surface area contributed by atoms with E-state index < -0.39 is 11.7 Å². The minimum Gasteiger partial charge on any atom is -0.320 e. The zero-order chi connectivity index (χ0) is 19.7. The maximum Gasteiger partial charge on any atom is 0.296 e. The summed E-state index contributed by atoms with van der Waals surface area (Å²) < 4.78 is 1.95. The normalized spacial score (nSPS) is 10.8. The number of hydrogen-bond donors (Lipinski definition) is 1. The van der Waals surface area contributed by atoms with Gasteiger partial charge in [-0.3, -0.25) is 9.59 Å². The van der Waals surface area contributed by atoms with Crippen LogP contribution in [0.15, 0.2) is 79.0 Å². The fraction of sp³-hybridized carbons (Fsp3) is 0.0833. The summed E-state index contributed by atoms with van der Waals surface area (Å²) in [5.41, 5.74) is 5.47. The Morgan fingerprint density at radius 1 is 0.821 bits per heavy atom. The van der Waals surface area contributed by atoms with E-state index in [0.29, 0.717) is 11.3 Å². The molecule has 0 unspecified atom stereocenters. The number of hydrogen-bond acceptors (Lipinski definition) is 2. The Morgan fingerprint density at radius 2 is 1.54 bits per heavy atom. The number of carbonyl (C=O) groups is 2. The smallest absolute Gasteiger partial charge is 0.296 e. The lowest BCUT2D eigenvalue weighted by molar-refractivity contribution is -0.112. The highest BCUT2D eigenvalue weighted by atomic mass is 16.2. The molecule has 0 aliphatic heterocycles. The second-order valence-corrected chi connectivity index (χ2v) is 6.86. The predicted molar refractivity (Wildman–Crippen MR) is 112 cm³/mol. The third kappa shape index (κ3) is 3.21. The first-order valence-corrected chi connectivity index (χ1v) is 9.13. The van der Waals surface area contributed by atoms with Crippen molar-refractivity contribution >= 4 is 22.9 Å². The van der Waals surface area contributed by atoms with E-state index in [-0.39, 0.29) is 0 Å². The molecule has 4 nitrogen and oxygen atoms in total. The monoisotopic (exact) mass is 368 g/mol. The summed E-state index contributed by atoms with van der Waals surface area (Å²) in [6.07, 6.45) is 1.92. The Hall–Kier alpha value is -3.66. The van der Waals surface area contributed by atoms with Crippen molar-refractivity contribution in [1.82, 2.24) is 4.40 Å². The van der Waals surface area contributed by atoms with Gasteiger partial charge in [-0.2, -0.15) is 0 Å². The van der Waals surface area contributed by atoms with Gasteiger partial charge in [-0.25, -0.2) is 0 Å². The number of carbonyl (C=O) groups excluding carboxylic acids is 2. The first-order valence-electron chi connectivity index (χ1n) is 9.13. The molecule has 138 valence electrons. The second-order valence-electron chi connectivity index (χ2n) is 6.86. The van der Waals surface area contributed by atoms with Crippen molar-refractivity contribution in [1.29, 1.82) is 0 Å². The Kier molecular flexibility index (Phi) is 4.53. The van der Waals surface area contributed by atoms with Gasteiger partial charge in [0.15, 0.2) is 0 Å². The maximum atomic E-state index is 13.2. The number of nitrogens with zero attached hydrogens (tertiary/aromatic N) is 1. The number of rotatable bonds is 4. The van der Waals surface area contributed by atoms with Crippen molar-refractivity contribution in [2.75, 3.05) is 5.32 Å². The summed E-state index contributed by atoms with van der Waals surface area (Å²) in [5, 5.41) is 2.72. The summed E-state index contributed by atoms with van der Waals surface area (Å²) in [5.74, 6) is -1.19. The van der Waals surface area contributed by atoms with Crippen LogP contribution in [0.4, 0.5) is 5.69 Å². The standard InChI is InChI=1S/C24H20N2O2/c1-16-11-13-19(14-12-16)25-24(28)23(27)22-20(18-8-4-3-5-9-18)15-26-17(2)7-6-10-21(22)26/h3-15H,1-2H3,(H,25,28). The summed E-state index contributed by atoms with van der Waals surface area (Å²) in [4.78, 5) is 25.9. The Labute approximate surface area is 163 Å². The highest BCUT2D eigenvalue weighted by Crippen LogP contribution is 2.30. The zero-order valence-electron chi connectivity index (χ0n) is 15.8. The minimum atomic E-state index is -0.643. The van der Waals surface area contributed by atoms with Crippen molar-refractivity contribution in [3.05, 3.63) is 95.8 Å². The molecule has 0 saturated carbocycles. The number of aromatic nitrogens is 1. The highest BCUT2D eigenvalue weighted by Gasteiger charge is 2.25. The first kappa shape index (κ1) is 17.7. The third-order valence-electron chi connectivity index (χ3n) is 4.84. The van der Waals surface area contributed by atoms with E-state index in [9.17, 15) is 9.59 Å². The molecule has 0 spiro atoms. The molecule has 0 aliphatic rings. The van der Waals surface area contributed by atoms with Gasteiger partial charge >= 0.3 is 0 Å². The van der Waals surface area contributed by atoms with Crippen LogP contribution >= 0.6 is 0 Å². The van der Waals surface area contributed by atoms with Crippen molar-refractivity contribution in [3.63, 3.8) is 0 Å². The summed E-state index contributed by atoms with van der Waals surface area (Å²) >= 11 is 0. The summed E-state index contributed by atoms with van der Waals surface area (Å²) in [6.45, 7) is 3.95. The quantitative estimate of drug-likeness (QED) is 0.405. The van der Waals surface area contributed by atoms with Gasteiger partial charge in [0.25, 0.3) is 11.7 Å². The van der Waals surface area contributed by atoms with Gasteiger partial charge in [0, 0.05) is 23.1 Å². The van der Waals surface area contributed by atoms with E-state index in [1.807, 2.05) is 85.1 Å². The largest absolute Gasteiger partial charge is 0.320 e. The van der Waals surface area contributed by atoms with Crippen LogP contribution in [0.25, 0.3) is 16.6 Å². The molecule has 0 fully saturated rings. The van der Waals surface area contributed by atoms with Crippen LogP contribution in [0.3, 0.4) is 0 Å². The van der Waals surface area contributed by atoms with Crippen molar-refractivity contribution in [2.45, 2.75) is 13.8 Å². The van der Waals surface area contributed by atoms with Crippen molar-refractivity contribution in [3.8, 4) is 11.1 Å². The molecule has 2 aromatic carbocycles. The van der Waals surface area contributed by atoms with Crippen LogP contribution in [-0.4, -0.2) is 16.1 Å². The minimum absolute atomic E-state index is 0.416. The van der Waals surface area contributed by atoms with Gasteiger partial charge in [0.05, 0.1) is 11.1 Å². The Balaban J connectivity index is 1.80. The predicted octanol–water partition coefficient (Wildman–Crippen LogP) is 5.04. The molecule has 0 bridgehead atoms. The van der Waals surface area contributed by atoms with E-state index in [4.69, 9.17) is 0 Å². The van der Waals surface area contributed by atoms with Crippen LogP contribution in [0.1, 0.15) is 21.6 Å². The Bertz CT molecular complexity index is 1170. The fourth-order valence-electron chi connectivity index (χ4n) is 3.35. The van der Waals surface area contributed by atoms with Gasteiger partial charge in [-0.1, -0.05) is 54.1 Å². The van der Waals surface area contributed by atoms with Gasteiger partial charge in [0.2, 0.25) is 0 Å². The van der Waals surface area contributed by atoms with Crippen molar-refractivity contribution < 1.29 is 9.59 Å². The molecule has 0 aliphatic carbocycles.